The molecule has 1 amide bonds. The number of carboxylic acid groups (broad SMARTS) is 1. The highest BCUT2D eigenvalue weighted by molar-refractivity contribution is 8.30. The van der Waals surface area contributed by atoms with Gasteiger partial charge in [0.2, 0.25) is 0 Å². The Morgan fingerprint density at radius 2 is 1.78 bits per heavy atom. The van der Waals surface area contributed by atoms with Crippen molar-refractivity contribution in [2.75, 3.05) is 18.0 Å². The number of anilines is 1. The molecular weight excluding hydrogens is 555 g/mol. The summed E-state index contributed by atoms with van der Waals surface area (Å²) in [5.41, 5.74) is 2.28. The number of benzene rings is 1. The van der Waals surface area contributed by atoms with Crippen LogP contribution in [0.2, 0.25) is 0 Å². The number of thiazole rings is 1. The number of thioether (sulfide) groups is 2. The van der Waals surface area contributed by atoms with Gasteiger partial charge in [0.05, 0.1) is 15.2 Å². The molecule has 4 rings (SSSR count). The number of hydrogen-bond acceptors (Lipinski definition) is 10. The molecule has 1 saturated heterocycles. The van der Waals surface area contributed by atoms with Crippen LogP contribution >= 0.6 is 47.1 Å². The van der Waals surface area contributed by atoms with E-state index in [9.17, 15) is 14.4 Å². The number of carbonyl (C=O) groups is 2. The largest absolute Gasteiger partial charge is 0.480 e. The molecule has 1 N–H and O–H groups in total. The number of hydrogen-bond donors (Lipinski definition) is 1. The van der Waals surface area contributed by atoms with Crippen LogP contribution in [0.1, 0.15) is 26.3 Å². The fourth-order valence-electron chi connectivity index (χ4n) is 3.75. The van der Waals surface area contributed by atoms with Gasteiger partial charge in [0.1, 0.15) is 20.4 Å². The molecule has 0 radical (unpaired) electrons. The third-order valence-corrected chi connectivity index (χ3v) is 9.30. The molecule has 194 valence electrons. The van der Waals surface area contributed by atoms with E-state index in [0.717, 1.165) is 34.7 Å². The van der Waals surface area contributed by atoms with E-state index < -0.39 is 18.4 Å². The van der Waals surface area contributed by atoms with Gasteiger partial charge in [0, 0.05) is 18.0 Å². The first-order valence-electron chi connectivity index (χ1n) is 11.2. The van der Waals surface area contributed by atoms with E-state index in [-0.39, 0.29) is 16.0 Å². The third kappa shape index (κ3) is 5.97. The molecule has 1 aromatic carbocycles. The van der Waals surface area contributed by atoms with Crippen molar-refractivity contribution < 1.29 is 24.3 Å². The monoisotopic (exact) mass is 577 g/mol. The molecule has 2 aromatic rings. The Morgan fingerprint density at radius 3 is 2.38 bits per heavy atom. The molecule has 2 aliphatic rings. The quantitative estimate of drug-likeness (QED) is 0.512. The lowest BCUT2D eigenvalue weighted by molar-refractivity contribution is -0.191. The lowest BCUT2D eigenvalue weighted by Gasteiger charge is -2.18. The number of fused-ring (bicyclic) bond motifs is 1. The van der Waals surface area contributed by atoms with E-state index in [1.807, 2.05) is 13.0 Å². The Kier molecular flexibility index (Phi) is 9.68. The van der Waals surface area contributed by atoms with Crippen LogP contribution in [-0.4, -0.2) is 50.0 Å². The van der Waals surface area contributed by atoms with Crippen LogP contribution in [0.15, 0.2) is 39.0 Å². The van der Waals surface area contributed by atoms with Gasteiger partial charge in [-0.25, -0.2) is 0 Å². The van der Waals surface area contributed by atoms with Gasteiger partial charge in [-0.15, -0.1) is 11.3 Å². The minimum Gasteiger partial charge on any atom is -0.480 e. The highest BCUT2D eigenvalue weighted by atomic mass is 32.2. The zero-order valence-electron chi connectivity index (χ0n) is 20.2. The van der Waals surface area contributed by atoms with Crippen LogP contribution in [-0.2, 0) is 32.1 Å². The Labute approximate surface area is 230 Å². The SMILES string of the molecule is CCc1ccc2c(c1)N(CC)C(=CC=c1s/c(=C3\SC(=S)N(CC(=O)O)C3=O)n(CC)c1=O)S2.O=C=O. The second kappa shape index (κ2) is 12.5. The Bertz CT molecular complexity index is 1500. The first-order valence-corrected chi connectivity index (χ1v) is 14.0. The Hall–Kier alpha value is -2.96. The predicted molar refractivity (Wildman–Crippen MR) is 149 cm³/mol. The molecule has 1 fully saturated rings. The number of aryl methyl sites for hydroxylation is 1. The number of rotatable bonds is 6. The van der Waals surface area contributed by atoms with Gasteiger partial charge in [-0.05, 0) is 50.1 Å². The van der Waals surface area contributed by atoms with E-state index in [1.54, 1.807) is 22.4 Å². The van der Waals surface area contributed by atoms with Crippen molar-refractivity contribution in [3.05, 3.63) is 54.4 Å². The van der Waals surface area contributed by atoms with Crippen LogP contribution in [0.5, 0.6) is 0 Å². The van der Waals surface area contributed by atoms with Crippen molar-refractivity contribution in [2.24, 2.45) is 0 Å². The van der Waals surface area contributed by atoms with Crippen molar-refractivity contribution in [3.8, 4) is 0 Å². The summed E-state index contributed by atoms with van der Waals surface area (Å²) in [6.45, 7) is 6.77. The van der Waals surface area contributed by atoms with Crippen molar-refractivity contribution in [2.45, 2.75) is 38.6 Å². The van der Waals surface area contributed by atoms with E-state index in [0.29, 0.717) is 20.6 Å². The highest BCUT2D eigenvalue weighted by Gasteiger charge is 2.35. The second-order valence-electron chi connectivity index (χ2n) is 7.56. The van der Waals surface area contributed by atoms with Gasteiger partial charge in [-0.1, -0.05) is 48.7 Å². The van der Waals surface area contributed by atoms with Crippen molar-refractivity contribution in [3.63, 3.8) is 0 Å². The predicted octanol–water partition coefficient (Wildman–Crippen LogP) is 2.22. The fraction of sp³-hybridized carbons (Fsp3) is 0.292. The molecule has 3 heterocycles. The van der Waals surface area contributed by atoms with Gasteiger partial charge in [-0.2, -0.15) is 9.59 Å². The summed E-state index contributed by atoms with van der Waals surface area (Å²) in [5, 5.41) is 10.1. The highest BCUT2D eigenvalue weighted by Crippen LogP contribution is 2.46. The van der Waals surface area contributed by atoms with Crippen LogP contribution in [0.3, 0.4) is 0 Å². The summed E-state index contributed by atoms with van der Waals surface area (Å²) in [4.78, 5) is 58.1. The first kappa shape index (κ1) is 28.6. The third-order valence-electron chi connectivity index (χ3n) is 5.46. The molecule has 2 aliphatic heterocycles. The van der Waals surface area contributed by atoms with Crippen LogP contribution in [0.25, 0.3) is 11.0 Å². The number of carbonyl (C=O) groups excluding carboxylic acids is 3. The zero-order chi connectivity index (χ0) is 27.3. The van der Waals surface area contributed by atoms with Gasteiger partial charge in [-0.3, -0.25) is 23.9 Å². The number of nitrogens with zero attached hydrogens (tertiary/aromatic N) is 3. The number of aromatic nitrogens is 1. The van der Waals surface area contributed by atoms with Crippen LogP contribution < -0.4 is 19.7 Å². The number of amides is 1. The molecule has 37 heavy (non-hydrogen) atoms. The number of thiocarbonyl (C=S) groups is 1. The fourth-order valence-corrected chi connectivity index (χ4v) is 7.38. The molecule has 0 aliphatic carbocycles. The van der Waals surface area contributed by atoms with Gasteiger partial charge >= 0.3 is 12.1 Å². The van der Waals surface area contributed by atoms with Crippen LogP contribution in [0, 0.1) is 0 Å². The smallest absolute Gasteiger partial charge is 0.373 e. The van der Waals surface area contributed by atoms with Crippen molar-refractivity contribution in [1.82, 2.24) is 9.47 Å². The average molecular weight is 578 g/mol. The average Bonchev–Trinajstić information content (AvgIpc) is 3.48. The Balaban J connectivity index is 0.00000121. The molecule has 0 bridgehead atoms. The molecular formula is C24H23N3O6S4. The van der Waals surface area contributed by atoms with Gasteiger partial charge in [0.15, 0.2) is 0 Å². The van der Waals surface area contributed by atoms with Crippen LogP contribution in [0.4, 0.5) is 5.69 Å². The maximum atomic E-state index is 13.1. The lowest BCUT2D eigenvalue weighted by Crippen LogP contribution is -2.35. The maximum absolute atomic E-state index is 13.1. The van der Waals surface area contributed by atoms with E-state index in [4.69, 9.17) is 26.9 Å². The number of aliphatic carboxylic acids is 1. The molecule has 0 spiro atoms. The second-order valence-corrected chi connectivity index (χ2v) is 11.3. The molecule has 1 aromatic heterocycles. The molecule has 13 heteroatoms. The topological polar surface area (TPSA) is 117 Å². The minimum absolute atomic E-state index is 0.181. The lowest BCUT2D eigenvalue weighted by atomic mass is 10.1. The van der Waals surface area contributed by atoms with Crippen molar-refractivity contribution in [1.29, 1.82) is 0 Å². The van der Waals surface area contributed by atoms with E-state index in [1.165, 1.54) is 27.5 Å². The number of carboxylic acids is 1. The molecule has 9 nitrogen and oxygen atoms in total. The first-order chi connectivity index (χ1) is 17.7. The van der Waals surface area contributed by atoms with Crippen molar-refractivity contribution >= 4 is 86.1 Å². The van der Waals surface area contributed by atoms with E-state index in [2.05, 4.69) is 36.9 Å². The maximum Gasteiger partial charge on any atom is 0.373 e. The standard InChI is InChI=1S/C23H23N3O4S4.CO2/c1-4-13-7-8-15-14(11-13)24(5-2)17(32-15)10-9-16-20(29)25(6-3)22(33-16)19-21(30)26(12-18(27)28)23(31)34-19;2-1-3/h7-11H,4-6,12H2,1-3H3,(H,27,28);/b16-9?,17-10?,22-19-;. The minimum atomic E-state index is -1.14. The molecule has 0 saturated carbocycles. The normalized spacial score (nSPS) is 17.7. The summed E-state index contributed by atoms with van der Waals surface area (Å²) in [6.07, 6.45) is 4.98. The summed E-state index contributed by atoms with van der Waals surface area (Å²) >= 11 is 9.15. The molecule has 0 unspecified atom stereocenters. The van der Waals surface area contributed by atoms with Gasteiger partial charge in [0.25, 0.3) is 11.5 Å². The van der Waals surface area contributed by atoms with Gasteiger partial charge < -0.3 is 10.0 Å². The summed E-state index contributed by atoms with van der Waals surface area (Å²) < 4.78 is 2.74. The van der Waals surface area contributed by atoms with E-state index >= 15 is 0 Å². The zero-order valence-corrected chi connectivity index (χ0v) is 23.4. The summed E-state index contributed by atoms with van der Waals surface area (Å²) in [6, 6.07) is 6.50. The Morgan fingerprint density at radius 1 is 1.08 bits per heavy atom. The molecule has 0 atom stereocenters. The summed E-state index contributed by atoms with van der Waals surface area (Å²) in [7, 11) is 0. The number of allylic oxidation sites excluding steroid dienone is 1. The summed E-state index contributed by atoms with van der Waals surface area (Å²) in [5.74, 6) is -1.62.